The molecule has 0 unspecified atom stereocenters. The van der Waals surface area contributed by atoms with Gasteiger partial charge in [0.15, 0.2) is 8.32 Å². The van der Waals surface area contributed by atoms with E-state index in [2.05, 4.69) is 82.1 Å². The van der Waals surface area contributed by atoms with Gasteiger partial charge < -0.3 is 8.90 Å². The van der Waals surface area contributed by atoms with E-state index in [9.17, 15) is 8.63 Å². The van der Waals surface area contributed by atoms with Crippen LogP contribution in [0.4, 0.5) is 8.63 Å². The lowest BCUT2D eigenvalue weighted by Gasteiger charge is -2.35. The number of allylic oxidation sites excluding steroid dienone is 3. The van der Waals surface area contributed by atoms with Crippen molar-refractivity contribution in [3.05, 3.63) is 37.4 Å². The largest absolute Gasteiger partial charge is 0.677 e. The minimum atomic E-state index is -2.65. The highest BCUT2D eigenvalue weighted by Gasteiger charge is 2.37. The number of hydrogen-bond acceptors (Lipinski definition) is 2. The molecule has 1 aromatic heterocycles. The Morgan fingerprint density at radius 2 is 1.62 bits per heavy atom. The number of aliphatic imine (C=N–C) groups is 1. The van der Waals surface area contributed by atoms with Gasteiger partial charge in [0.1, 0.15) is 0 Å². The maximum absolute atomic E-state index is 14.7. The van der Waals surface area contributed by atoms with Crippen LogP contribution in [0.5, 0.6) is 0 Å². The van der Waals surface area contributed by atoms with E-state index in [1.165, 1.54) is 36.6 Å². The molecule has 8 heteroatoms. The molecule has 0 aliphatic carbocycles. The summed E-state index contributed by atoms with van der Waals surface area (Å²) < 4.78 is 37.9. The molecule has 0 radical (unpaired) electrons. The molecule has 1 aliphatic heterocycles. The lowest BCUT2D eigenvalue weighted by atomic mass is 9.95. The Hall–Kier alpha value is -1.18. The summed E-state index contributed by atoms with van der Waals surface area (Å²) in [5.41, 5.74) is 6.45. The molecule has 2 heterocycles. The fourth-order valence-corrected chi connectivity index (χ4v) is 6.38. The highest BCUT2D eigenvalue weighted by molar-refractivity contribution is 14.1. The Balaban J connectivity index is 2.43. The Morgan fingerprint density at radius 1 is 1.02 bits per heavy atom. The van der Waals surface area contributed by atoms with Crippen molar-refractivity contribution in [2.75, 3.05) is 6.61 Å². The lowest BCUT2D eigenvalue weighted by Crippen LogP contribution is -2.40. The average molecular weight is 683 g/mol. The maximum atomic E-state index is 14.7. The van der Waals surface area contributed by atoms with Crippen molar-refractivity contribution in [2.45, 2.75) is 131 Å². The van der Waals surface area contributed by atoms with Crippen LogP contribution in [0.3, 0.4) is 0 Å². The molecule has 3 nitrogen and oxygen atoms in total. The molecule has 0 N–H and O–H groups in total. The molecule has 0 atom stereocenters. The molecule has 0 amide bonds. The van der Waals surface area contributed by atoms with Crippen molar-refractivity contribution in [1.82, 2.24) is 4.48 Å². The van der Waals surface area contributed by atoms with E-state index in [-0.39, 0.29) is 5.04 Å². The van der Waals surface area contributed by atoms with Crippen LogP contribution in [-0.4, -0.2) is 32.5 Å². The van der Waals surface area contributed by atoms with Crippen LogP contribution >= 0.6 is 22.6 Å². The first-order chi connectivity index (χ1) is 18.7. The minimum Gasteiger partial charge on any atom is -0.416 e. The third-order valence-electron chi connectivity index (χ3n) is 8.48. The Kier molecular flexibility index (Phi) is 13.4. The van der Waals surface area contributed by atoms with Gasteiger partial charge >= 0.3 is 7.40 Å². The van der Waals surface area contributed by atoms with Crippen LogP contribution in [0.2, 0.25) is 18.1 Å². The molecule has 2 rings (SSSR count). The minimum absolute atomic E-state index is 0.141. The summed E-state index contributed by atoms with van der Waals surface area (Å²) in [6.07, 6.45) is 9.55. The molecule has 0 saturated heterocycles. The number of hydrogen-bond donors (Lipinski definition) is 0. The monoisotopic (exact) mass is 682 g/mol. The SMILES string of the molecule is CCCCCCCCC/C(=C1/N=C(C)C(I)=C1C)c1c(C)c(C#CCCO[Si](C)(C)C(C)(C)C)c(C)n1B(F)F. The maximum Gasteiger partial charge on any atom is 0.677 e. The Labute approximate surface area is 258 Å². The quantitative estimate of drug-likeness (QED) is 0.0881. The van der Waals surface area contributed by atoms with E-state index >= 15 is 0 Å². The molecular weight excluding hydrogens is 632 g/mol. The molecule has 1 aromatic rings. The second kappa shape index (κ2) is 15.3. The predicted molar refractivity (Wildman–Crippen MR) is 181 cm³/mol. The highest BCUT2D eigenvalue weighted by atomic mass is 127. The molecule has 0 saturated carbocycles. The van der Waals surface area contributed by atoms with Crippen molar-refractivity contribution in [3.8, 4) is 11.8 Å². The summed E-state index contributed by atoms with van der Waals surface area (Å²) in [6, 6.07) is 0. The summed E-state index contributed by atoms with van der Waals surface area (Å²) >= 11 is 2.32. The molecule has 222 valence electrons. The van der Waals surface area contributed by atoms with Crippen LogP contribution in [0.15, 0.2) is 19.8 Å². The summed E-state index contributed by atoms with van der Waals surface area (Å²) in [6.45, 7) is 21.7. The summed E-state index contributed by atoms with van der Waals surface area (Å²) in [7, 11) is -4.49. The molecule has 0 aromatic carbocycles. The number of rotatable bonds is 13. The number of halogens is 3. The van der Waals surface area contributed by atoms with Crippen molar-refractivity contribution < 1.29 is 13.1 Å². The molecule has 0 fully saturated rings. The van der Waals surface area contributed by atoms with Gasteiger partial charge in [-0.05, 0) is 92.4 Å². The first-order valence-electron chi connectivity index (χ1n) is 14.9. The van der Waals surface area contributed by atoms with E-state index in [0.29, 0.717) is 30.0 Å². The van der Waals surface area contributed by atoms with Crippen LogP contribution < -0.4 is 0 Å². The van der Waals surface area contributed by atoms with Crippen molar-refractivity contribution in [3.63, 3.8) is 0 Å². The topological polar surface area (TPSA) is 26.5 Å². The molecular formula is C32H50BF2IN2OSi. The average Bonchev–Trinajstić information content (AvgIpc) is 3.26. The Morgan fingerprint density at radius 3 is 2.15 bits per heavy atom. The standard InChI is InChI=1S/C32H50BF2IN2OSi/c1-11-12-13-14-15-16-17-21-28(30-24(3)29(36)25(4)37-30)31-23(2)27(26(5)38(31)33(34)35)20-18-19-22-39-40(9,10)32(6,7)8/h11-17,19,21-22H2,1-10H3/b30-28-. The molecule has 1 aliphatic rings. The smallest absolute Gasteiger partial charge is 0.416 e. The van der Waals surface area contributed by atoms with Gasteiger partial charge in [0.05, 0.1) is 11.4 Å². The fourth-order valence-electron chi connectivity index (χ4n) is 4.96. The fraction of sp³-hybridized carbons (Fsp3) is 0.656. The first-order valence-corrected chi connectivity index (χ1v) is 18.9. The first kappa shape index (κ1) is 35.0. The van der Waals surface area contributed by atoms with E-state index in [1.54, 1.807) is 6.92 Å². The van der Waals surface area contributed by atoms with Crippen molar-refractivity contribution >= 4 is 49.6 Å². The zero-order valence-corrected chi connectivity index (χ0v) is 29.7. The zero-order chi connectivity index (χ0) is 30.3. The summed E-state index contributed by atoms with van der Waals surface area (Å²) in [4.78, 5) is 4.88. The van der Waals surface area contributed by atoms with Gasteiger partial charge in [-0.1, -0.05) is 78.1 Å². The second-order valence-electron chi connectivity index (χ2n) is 12.6. The van der Waals surface area contributed by atoms with Gasteiger partial charge in [0.25, 0.3) is 0 Å². The van der Waals surface area contributed by atoms with Crippen LogP contribution in [0.25, 0.3) is 5.57 Å². The van der Waals surface area contributed by atoms with Crippen LogP contribution in [-0.2, 0) is 4.43 Å². The third kappa shape index (κ3) is 8.67. The zero-order valence-electron chi connectivity index (χ0n) is 26.6. The molecule has 0 spiro atoms. The van der Waals surface area contributed by atoms with Crippen LogP contribution in [0.1, 0.15) is 122 Å². The van der Waals surface area contributed by atoms with Gasteiger partial charge in [-0.3, -0.25) is 13.6 Å². The summed E-state index contributed by atoms with van der Waals surface area (Å²) in [5, 5.41) is 0.141. The van der Waals surface area contributed by atoms with Gasteiger partial charge in [-0.2, -0.15) is 0 Å². The lowest BCUT2D eigenvalue weighted by molar-refractivity contribution is 0.296. The van der Waals surface area contributed by atoms with Crippen molar-refractivity contribution in [1.29, 1.82) is 0 Å². The van der Waals surface area contributed by atoms with Gasteiger partial charge in [-0.25, -0.2) is 0 Å². The number of unbranched alkanes of at least 4 members (excludes halogenated alkanes) is 6. The van der Waals surface area contributed by atoms with E-state index in [1.807, 2.05) is 13.8 Å². The molecule has 0 bridgehead atoms. The van der Waals surface area contributed by atoms with Gasteiger partial charge in [-0.15, -0.1) is 0 Å². The Bertz CT molecular complexity index is 1200. The highest BCUT2D eigenvalue weighted by Crippen LogP contribution is 2.40. The third-order valence-corrected chi connectivity index (χ3v) is 14.6. The van der Waals surface area contributed by atoms with Gasteiger partial charge in [0, 0.05) is 39.1 Å². The van der Waals surface area contributed by atoms with E-state index in [0.717, 1.165) is 51.0 Å². The number of aromatic nitrogens is 1. The predicted octanol–water partition coefficient (Wildman–Crippen LogP) is 10.7. The van der Waals surface area contributed by atoms with Gasteiger partial charge in [0.2, 0.25) is 0 Å². The second-order valence-corrected chi connectivity index (χ2v) is 18.5. The molecule has 40 heavy (non-hydrogen) atoms. The van der Waals surface area contributed by atoms with E-state index < -0.39 is 15.7 Å². The van der Waals surface area contributed by atoms with Crippen LogP contribution in [0, 0.1) is 25.7 Å². The number of nitrogens with zero attached hydrogens (tertiary/aromatic N) is 2. The van der Waals surface area contributed by atoms with E-state index in [4.69, 9.17) is 9.42 Å². The normalized spacial score (nSPS) is 15.4. The summed E-state index contributed by atoms with van der Waals surface area (Å²) in [5.74, 6) is 6.48. The van der Waals surface area contributed by atoms with Crippen molar-refractivity contribution in [2.24, 2.45) is 4.99 Å².